The van der Waals surface area contributed by atoms with Gasteiger partial charge in [0.2, 0.25) is 5.91 Å². The van der Waals surface area contributed by atoms with Crippen molar-refractivity contribution in [3.05, 3.63) is 40.4 Å². The Hall–Kier alpha value is -2.29. The fourth-order valence-electron chi connectivity index (χ4n) is 3.10. The number of rotatable bonds is 8. The number of amides is 2. The van der Waals surface area contributed by atoms with Crippen molar-refractivity contribution in [3.63, 3.8) is 0 Å². The number of carbonyl (C=O) groups is 2. The highest BCUT2D eigenvalue weighted by molar-refractivity contribution is 7.17. The van der Waals surface area contributed by atoms with Crippen LogP contribution in [0.3, 0.4) is 0 Å². The van der Waals surface area contributed by atoms with Crippen LogP contribution in [0.5, 0.6) is 0 Å². The van der Waals surface area contributed by atoms with Crippen molar-refractivity contribution in [2.45, 2.75) is 20.3 Å². The van der Waals surface area contributed by atoms with Crippen molar-refractivity contribution in [2.75, 3.05) is 45.9 Å². The third kappa shape index (κ3) is 6.09. The molecule has 2 heterocycles. The molecule has 0 radical (unpaired) electrons. The van der Waals surface area contributed by atoms with Gasteiger partial charge in [-0.2, -0.15) is 0 Å². The molecule has 0 bridgehead atoms. The average Bonchev–Trinajstić information content (AvgIpc) is 3.14. The lowest BCUT2D eigenvalue weighted by atomic mass is 10.1. The largest absolute Gasteiger partial charge is 0.379 e. The van der Waals surface area contributed by atoms with Crippen LogP contribution in [0.1, 0.15) is 27.9 Å². The van der Waals surface area contributed by atoms with Crippen LogP contribution in [0.15, 0.2) is 24.3 Å². The maximum atomic E-state index is 12.5. The summed E-state index contributed by atoms with van der Waals surface area (Å²) in [5.41, 5.74) is 2.93. The molecule has 0 unspecified atom stereocenters. The summed E-state index contributed by atoms with van der Waals surface area (Å²) in [5, 5.41) is 6.35. The molecular weight excluding hydrogens is 388 g/mol. The van der Waals surface area contributed by atoms with Gasteiger partial charge in [0.05, 0.1) is 25.5 Å². The highest BCUT2D eigenvalue weighted by atomic mass is 32.1. The molecule has 8 heteroatoms. The minimum Gasteiger partial charge on any atom is -0.379 e. The Balaban J connectivity index is 1.47. The predicted octanol–water partition coefficient (Wildman–Crippen LogP) is 1.86. The van der Waals surface area contributed by atoms with Crippen LogP contribution in [-0.4, -0.2) is 67.6 Å². The molecule has 1 aromatic heterocycles. The van der Waals surface area contributed by atoms with Gasteiger partial charge in [-0.05, 0) is 18.9 Å². The molecule has 29 heavy (non-hydrogen) atoms. The van der Waals surface area contributed by atoms with Crippen molar-refractivity contribution in [1.82, 2.24) is 20.5 Å². The van der Waals surface area contributed by atoms with Gasteiger partial charge in [0.15, 0.2) is 0 Å². The van der Waals surface area contributed by atoms with E-state index in [1.165, 1.54) is 16.9 Å². The average molecular weight is 417 g/mol. The summed E-state index contributed by atoms with van der Waals surface area (Å²) < 4.78 is 5.30. The zero-order valence-electron chi connectivity index (χ0n) is 17.0. The molecule has 2 aromatic rings. The molecule has 3 rings (SSSR count). The number of hydrogen-bond donors (Lipinski definition) is 2. The first-order chi connectivity index (χ1) is 14.1. The van der Waals surface area contributed by atoms with E-state index in [0.717, 1.165) is 49.8 Å². The predicted molar refractivity (Wildman–Crippen MR) is 114 cm³/mol. The van der Waals surface area contributed by atoms with Crippen LogP contribution in [0.4, 0.5) is 0 Å². The Bertz CT molecular complexity index is 829. The second kappa shape index (κ2) is 10.5. The SMILES string of the molecule is CCc1ccc(-c2nc(C)c(C(=O)NCC(=O)NCCN3CCOCC3)s2)cc1. The van der Waals surface area contributed by atoms with E-state index in [1.807, 2.05) is 19.1 Å². The zero-order valence-corrected chi connectivity index (χ0v) is 17.8. The molecule has 0 aliphatic carbocycles. The molecule has 2 amide bonds. The lowest BCUT2D eigenvalue weighted by molar-refractivity contribution is -0.120. The van der Waals surface area contributed by atoms with Crippen LogP contribution in [0.25, 0.3) is 10.6 Å². The van der Waals surface area contributed by atoms with Crippen molar-refractivity contribution in [3.8, 4) is 10.6 Å². The third-order valence-corrected chi connectivity index (χ3v) is 6.08. The number of morpholine rings is 1. The molecular formula is C21H28N4O3S. The van der Waals surface area contributed by atoms with Gasteiger partial charge in [-0.1, -0.05) is 31.2 Å². The van der Waals surface area contributed by atoms with Crippen LogP contribution in [0.2, 0.25) is 0 Å². The Morgan fingerprint density at radius 3 is 2.59 bits per heavy atom. The molecule has 0 spiro atoms. The molecule has 156 valence electrons. The number of ether oxygens (including phenoxy) is 1. The second-order valence-electron chi connectivity index (χ2n) is 6.97. The summed E-state index contributed by atoms with van der Waals surface area (Å²) in [6, 6.07) is 8.21. The summed E-state index contributed by atoms with van der Waals surface area (Å²) in [6.07, 6.45) is 0.985. The van der Waals surface area contributed by atoms with Crippen LogP contribution in [0, 0.1) is 6.92 Å². The van der Waals surface area contributed by atoms with Crippen molar-refractivity contribution in [1.29, 1.82) is 0 Å². The summed E-state index contributed by atoms with van der Waals surface area (Å²) >= 11 is 1.35. The molecule has 7 nitrogen and oxygen atoms in total. The number of aromatic nitrogens is 1. The van der Waals surface area contributed by atoms with E-state index in [1.54, 1.807) is 0 Å². The van der Waals surface area contributed by atoms with E-state index in [9.17, 15) is 9.59 Å². The van der Waals surface area contributed by atoms with E-state index < -0.39 is 0 Å². The summed E-state index contributed by atoms with van der Waals surface area (Å²) in [6.45, 7) is 8.50. The van der Waals surface area contributed by atoms with Crippen molar-refractivity contribution >= 4 is 23.2 Å². The quantitative estimate of drug-likeness (QED) is 0.686. The molecule has 1 fully saturated rings. The van der Waals surface area contributed by atoms with E-state index in [2.05, 4.69) is 39.6 Å². The first-order valence-corrected chi connectivity index (χ1v) is 10.8. The van der Waals surface area contributed by atoms with Crippen LogP contribution < -0.4 is 10.6 Å². The first-order valence-electron chi connectivity index (χ1n) is 9.98. The molecule has 1 aliphatic heterocycles. The lowest BCUT2D eigenvalue weighted by Crippen LogP contribution is -2.43. The van der Waals surface area contributed by atoms with Gasteiger partial charge in [0.1, 0.15) is 9.88 Å². The van der Waals surface area contributed by atoms with Crippen molar-refractivity contribution < 1.29 is 14.3 Å². The first kappa shape index (κ1) is 21.4. The smallest absolute Gasteiger partial charge is 0.263 e. The Morgan fingerprint density at radius 2 is 1.90 bits per heavy atom. The van der Waals surface area contributed by atoms with Gasteiger partial charge in [-0.15, -0.1) is 11.3 Å². The number of hydrogen-bond acceptors (Lipinski definition) is 6. The summed E-state index contributed by atoms with van der Waals surface area (Å²) in [4.78, 5) is 31.8. The van der Waals surface area contributed by atoms with E-state index in [0.29, 0.717) is 17.1 Å². The molecule has 1 aromatic carbocycles. The molecule has 1 aliphatic rings. The van der Waals surface area contributed by atoms with Gasteiger partial charge in [-0.25, -0.2) is 4.98 Å². The van der Waals surface area contributed by atoms with E-state index >= 15 is 0 Å². The highest BCUT2D eigenvalue weighted by Gasteiger charge is 2.17. The number of thiazole rings is 1. The fraction of sp³-hybridized carbons (Fsp3) is 0.476. The molecule has 0 atom stereocenters. The standard InChI is InChI=1S/C21H28N4O3S/c1-3-16-4-6-17(7-5-16)21-24-15(2)19(29-21)20(27)23-14-18(26)22-8-9-25-10-12-28-13-11-25/h4-7H,3,8-14H2,1-2H3,(H,22,26)(H,23,27). The Kier molecular flexibility index (Phi) is 7.74. The zero-order chi connectivity index (χ0) is 20.6. The summed E-state index contributed by atoms with van der Waals surface area (Å²) in [5.74, 6) is -0.455. The highest BCUT2D eigenvalue weighted by Crippen LogP contribution is 2.28. The Morgan fingerprint density at radius 1 is 1.17 bits per heavy atom. The number of aryl methyl sites for hydroxylation is 2. The maximum absolute atomic E-state index is 12.5. The van der Waals surface area contributed by atoms with Gasteiger partial charge < -0.3 is 15.4 Å². The number of carbonyl (C=O) groups excluding carboxylic acids is 2. The third-order valence-electron chi connectivity index (χ3n) is 4.88. The molecule has 0 saturated carbocycles. The van der Waals surface area contributed by atoms with Gasteiger partial charge in [-0.3, -0.25) is 14.5 Å². The van der Waals surface area contributed by atoms with Gasteiger partial charge in [0.25, 0.3) is 5.91 Å². The Labute approximate surface area is 175 Å². The molecule has 2 N–H and O–H groups in total. The fourth-order valence-corrected chi connectivity index (χ4v) is 4.08. The number of nitrogens with one attached hydrogen (secondary N) is 2. The van der Waals surface area contributed by atoms with Gasteiger partial charge >= 0.3 is 0 Å². The minimum atomic E-state index is -0.264. The minimum absolute atomic E-state index is 0.0419. The molecule has 1 saturated heterocycles. The van der Waals surface area contributed by atoms with Crippen molar-refractivity contribution in [2.24, 2.45) is 0 Å². The lowest BCUT2D eigenvalue weighted by Gasteiger charge is -2.26. The van der Waals surface area contributed by atoms with Crippen LogP contribution in [-0.2, 0) is 16.0 Å². The topological polar surface area (TPSA) is 83.6 Å². The number of nitrogens with zero attached hydrogens (tertiary/aromatic N) is 2. The maximum Gasteiger partial charge on any atom is 0.263 e. The second-order valence-corrected chi connectivity index (χ2v) is 7.97. The van der Waals surface area contributed by atoms with Crippen LogP contribution >= 0.6 is 11.3 Å². The van der Waals surface area contributed by atoms with E-state index in [-0.39, 0.29) is 18.4 Å². The van der Waals surface area contributed by atoms with E-state index in [4.69, 9.17) is 4.74 Å². The van der Waals surface area contributed by atoms with Gasteiger partial charge in [0, 0.05) is 31.7 Å². The monoisotopic (exact) mass is 416 g/mol. The number of benzene rings is 1. The normalized spacial score (nSPS) is 14.6. The summed E-state index contributed by atoms with van der Waals surface area (Å²) in [7, 11) is 0.